The monoisotopic (exact) mass is 265 g/mol. The van der Waals surface area contributed by atoms with Crippen molar-refractivity contribution >= 4 is 11.4 Å². The zero-order chi connectivity index (χ0) is 14.4. The molecule has 2 aromatic rings. The van der Waals surface area contributed by atoms with Crippen molar-refractivity contribution in [1.29, 1.82) is 5.26 Å². The molecule has 0 radical (unpaired) electrons. The Kier molecular flexibility index (Phi) is 4.75. The molecule has 0 aliphatic carbocycles. The van der Waals surface area contributed by atoms with E-state index in [-0.39, 0.29) is 6.04 Å². The van der Waals surface area contributed by atoms with E-state index in [1.807, 2.05) is 37.3 Å². The lowest BCUT2D eigenvalue weighted by Gasteiger charge is -2.24. The van der Waals surface area contributed by atoms with Crippen molar-refractivity contribution in [3.63, 3.8) is 0 Å². The Hall–Kier alpha value is -2.31. The first-order valence-electron chi connectivity index (χ1n) is 6.77. The highest BCUT2D eigenvalue weighted by Crippen LogP contribution is 2.26. The second-order valence-corrected chi connectivity index (χ2v) is 4.78. The van der Waals surface area contributed by atoms with Gasteiger partial charge in [-0.15, -0.1) is 0 Å². The molecule has 2 aromatic carbocycles. The van der Waals surface area contributed by atoms with Crippen molar-refractivity contribution < 1.29 is 0 Å². The molecule has 0 spiro atoms. The van der Waals surface area contributed by atoms with Gasteiger partial charge >= 0.3 is 0 Å². The van der Waals surface area contributed by atoms with Crippen molar-refractivity contribution in [2.24, 2.45) is 5.73 Å². The van der Waals surface area contributed by atoms with Crippen molar-refractivity contribution in [2.75, 3.05) is 11.4 Å². The van der Waals surface area contributed by atoms with Gasteiger partial charge in [-0.2, -0.15) is 5.26 Å². The van der Waals surface area contributed by atoms with E-state index in [0.29, 0.717) is 13.0 Å². The highest BCUT2D eigenvalue weighted by Gasteiger charge is 2.09. The van der Waals surface area contributed by atoms with Gasteiger partial charge in [0.1, 0.15) is 0 Å². The molecule has 0 aliphatic rings. The SMILES string of the molecule is C[C@@H](N)c1ccc(N(CCC#N)c2ccccc2)cc1. The van der Waals surface area contributed by atoms with Gasteiger partial charge in [0.25, 0.3) is 0 Å². The standard InChI is InChI=1S/C17H19N3/c1-14(19)15-8-10-17(11-9-15)20(13-5-12-18)16-6-3-2-4-7-16/h2-4,6-11,14H,5,13,19H2,1H3/t14-/m1/s1. The molecule has 2 N–H and O–H groups in total. The highest BCUT2D eigenvalue weighted by molar-refractivity contribution is 5.63. The molecular formula is C17H19N3. The maximum Gasteiger partial charge on any atom is 0.0640 e. The largest absolute Gasteiger partial charge is 0.340 e. The zero-order valence-electron chi connectivity index (χ0n) is 11.7. The van der Waals surface area contributed by atoms with Gasteiger partial charge < -0.3 is 10.6 Å². The Morgan fingerprint density at radius 2 is 1.65 bits per heavy atom. The Bertz CT molecular complexity index is 567. The molecule has 0 saturated heterocycles. The van der Waals surface area contributed by atoms with Crippen molar-refractivity contribution in [2.45, 2.75) is 19.4 Å². The average Bonchev–Trinajstić information content (AvgIpc) is 2.49. The molecule has 0 saturated carbocycles. The first kappa shape index (κ1) is 14.1. The second kappa shape index (κ2) is 6.74. The number of benzene rings is 2. The molecule has 0 unspecified atom stereocenters. The van der Waals surface area contributed by atoms with Crippen LogP contribution in [0.2, 0.25) is 0 Å². The van der Waals surface area contributed by atoms with Crippen LogP contribution in [0, 0.1) is 11.3 Å². The molecule has 0 aliphatic heterocycles. The minimum absolute atomic E-state index is 0.0355. The average molecular weight is 265 g/mol. The predicted octanol–water partition coefficient (Wildman–Crippen LogP) is 3.76. The summed E-state index contributed by atoms with van der Waals surface area (Å²) in [6.45, 7) is 2.65. The fraction of sp³-hybridized carbons (Fsp3) is 0.235. The Labute approximate surface area is 120 Å². The molecule has 3 nitrogen and oxygen atoms in total. The molecule has 0 amide bonds. The minimum atomic E-state index is 0.0355. The number of nitriles is 1. The number of anilines is 2. The summed E-state index contributed by atoms with van der Waals surface area (Å²) in [6, 6.07) is 20.6. The van der Waals surface area contributed by atoms with Crippen LogP contribution in [0.1, 0.15) is 24.9 Å². The molecule has 1 atom stereocenters. The maximum atomic E-state index is 8.83. The van der Waals surface area contributed by atoms with Crippen LogP contribution in [-0.4, -0.2) is 6.54 Å². The van der Waals surface area contributed by atoms with Gasteiger partial charge in [0.15, 0.2) is 0 Å². The lowest BCUT2D eigenvalue weighted by atomic mass is 10.1. The van der Waals surface area contributed by atoms with E-state index in [9.17, 15) is 0 Å². The first-order chi connectivity index (χ1) is 9.72. The Morgan fingerprint density at radius 3 is 2.20 bits per heavy atom. The normalized spacial score (nSPS) is 11.7. The van der Waals surface area contributed by atoms with Gasteiger partial charge in [-0.25, -0.2) is 0 Å². The quantitative estimate of drug-likeness (QED) is 0.895. The van der Waals surface area contributed by atoms with E-state index in [2.05, 4.69) is 35.2 Å². The predicted molar refractivity (Wildman–Crippen MR) is 82.7 cm³/mol. The van der Waals surface area contributed by atoms with E-state index in [0.717, 1.165) is 16.9 Å². The van der Waals surface area contributed by atoms with Crippen LogP contribution in [0.3, 0.4) is 0 Å². The third-order valence-corrected chi connectivity index (χ3v) is 3.25. The molecule has 2 rings (SSSR count). The second-order valence-electron chi connectivity index (χ2n) is 4.78. The number of nitrogens with two attached hydrogens (primary N) is 1. The number of hydrogen-bond acceptors (Lipinski definition) is 3. The summed E-state index contributed by atoms with van der Waals surface area (Å²) in [5.74, 6) is 0. The van der Waals surface area contributed by atoms with E-state index in [4.69, 9.17) is 11.0 Å². The third-order valence-electron chi connectivity index (χ3n) is 3.25. The van der Waals surface area contributed by atoms with Gasteiger partial charge in [0, 0.05) is 24.0 Å². The highest BCUT2D eigenvalue weighted by atomic mass is 15.1. The van der Waals surface area contributed by atoms with Gasteiger partial charge in [-0.1, -0.05) is 30.3 Å². The summed E-state index contributed by atoms with van der Waals surface area (Å²) >= 11 is 0. The molecule has 3 heteroatoms. The van der Waals surface area contributed by atoms with Crippen molar-refractivity contribution in [1.82, 2.24) is 0 Å². The van der Waals surface area contributed by atoms with E-state index in [1.165, 1.54) is 0 Å². The molecule has 0 bridgehead atoms. The summed E-state index contributed by atoms with van der Waals surface area (Å²) < 4.78 is 0. The summed E-state index contributed by atoms with van der Waals surface area (Å²) in [4.78, 5) is 2.15. The number of para-hydroxylation sites is 1. The van der Waals surface area contributed by atoms with Crippen LogP contribution in [0.25, 0.3) is 0 Å². The first-order valence-corrected chi connectivity index (χ1v) is 6.77. The summed E-state index contributed by atoms with van der Waals surface area (Å²) in [7, 11) is 0. The molecule has 20 heavy (non-hydrogen) atoms. The van der Waals surface area contributed by atoms with Gasteiger partial charge in [-0.3, -0.25) is 0 Å². The lowest BCUT2D eigenvalue weighted by molar-refractivity contribution is 0.817. The van der Waals surface area contributed by atoms with Crippen molar-refractivity contribution in [3.05, 3.63) is 60.2 Å². The van der Waals surface area contributed by atoms with E-state index in [1.54, 1.807) is 0 Å². The van der Waals surface area contributed by atoms with Crippen LogP contribution < -0.4 is 10.6 Å². The minimum Gasteiger partial charge on any atom is -0.340 e. The zero-order valence-corrected chi connectivity index (χ0v) is 11.7. The fourth-order valence-electron chi connectivity index (χ4n) is 2.13. The Morgan fingerprint density at radius 1 is 1.05 bits per heavy atom. The summed E-state index contributed by atoms with van der Waals surface area (Å²) in [5, 5.41) is 8.83. The molecule has 102 valence electrons. The van der Waals surface area contributed by atoms with Gasteiger partial charge in [0.05, 0.1) is 12.5 Å². The molecule has 0 fully saturated rings. The smallest absolute Gasteiger partial charge is 0.0640 e. The fourth-order valence-corrected chi connectivity index (χ4v) is 2.13. The maximum absolute atomic E-state index is 8.83. The van der Waals surface area contributed by atoms with E-state index >= 15 is 0 Å². The number of rotatable bonds is 5. The third kappa shape index (κ3) is 3.37. The van der Waals surface area contributed by atoms with E-state index < -0.39 is 0 Å². The molecule has 0 aromatic heterocycles. The summed E-state index contributed by atoms with van der Waals surface area (Å²) in [5.41, 5.74) is 9.16. The van der Waals surface area contributed by atoms with Crippen LogP contribution in [-0.2, 0) is 0 Å². The van der Waals surface area contributed by atoms with Crippen LogP contribution in [0.5, 0.6) is 0 Å². The van der Waals surface area contributed by atoms with Crippen LogP contribution >= 0.6 is 0 Å². The molecular weight excluding hydrogens is 246 g/mol. The van der Waals surface area contributed by atoms with Crippen LogP contribution in [0.4, 0.5) is 11.4 Å². The molecule has 0 heterocycles. The van der Waals surface area contributed by atoms with Crippen LogP contribution in [0.15, 0.2) is 54.6 Å². The van der Waals surface area contributed by atoms with Gasteiger partial charge in [-0.05, 0) is 36.8 Å². The van der Waals surface area contributed by atoms with Crippen molar-refractivity contribution in [3.8, 4) is 6.07 Å². The lowest BCUT2D eigenvalue weighted by Crippen LogP contribution is -2.18. The topological polar surface area (TPSA) is 53.0 Å². The summed E-state index contributed by atoms with van der Waals surface area (Å²) in [6.07, 6.45) is 0.490. The number of hydrogen-bond donors (Lipinski definition) is 1. The Balaban J connectivity index is 2.29. The van der Waals surface area contributed by atoms with Gasteiger partial charge in [0.2, 0.25) is 0 Å². The number of nitrogens with zero attached hydrogens (tertiary/aromatic N) is 2.